The number of benzene rings is 1. The Kier molecular flexibility index (Phi) is 7.38. The van der Waals surface area contributed by atoms with Crippen LogP contribution in [0.2, 0.25) is 0 Å². The summed E-state index contributed by atoms with van der Waals surface area (Å²) in [5.41, 5.74) is -0.433. The topological polar surface area (TPSA) is 82.1 Å². The third-order valence-corrected chi connectivity index (χ3v) is 3.26. The van der Waals surface area contributed by atoms with E-state index in [2.05, 4.69) is 0 Å². The predicted octanol–water partition coefficient (Wildman–Crippen LogP) is 2.79. The van der Waals surface area contributed by atoms with Gasteiger partial charge in [-0.2, -0.15) is 0 Å². The molecular weight excluding hydrogens is 312 g/mol. The number of carbonyl (C=O) groups is 2. The first-order valence-corrected chi connectivity index (χ1v) is 7.79. The van der Waals surface area contributed by atoms with Crippen molar-refractivity contribution in [3.05, 3.63) is 35.9 Å². The Balaban J connectivity index is 2.37. The second-order valence-electron chi connectivity index (χ2n) is 6.81. The first-order valence-electron chi connectivity index (χ1n) is 7.79. The minimum Gasteiger partial charge on any atom is -0.480 e. The molecule has 0 fully saturated rings. The summed E-state index contributed by atoms with van der Waals surface area (Å²) in [4.78, 5) is 22.4. The smallest absolute Gasteiger partial charge is 0.332 e. The molecule has 0 aliphatic heterocycles. The molecule has 0 unspecified atom stereocenters. The number of carboxylic acids is 1. The standard InChI is InChI=1S/C18H26O6/c1-17(2,23-11-15(19)20)13-18(3,4)24-12-16(21)22-10-14-8-6-5-7-9-14/h5-9H,10-13H2,1-4H3,(H,19,20). The lowest BCUT2D eigenvalue weighted by Crippen LogP contribution is -2.39. The van der Waals surface area contributed by atoms with Crippen molar-refractivity contribution in [2.45, 2.75) is 51.9 Å². The van der Waals surface area contributed by atoms with Gasteiger partial charge in [0.25, 0.3) is 0 Å². The molecule has 1 rings (SSSR count). The van der Waals surface area contributed by atoms with Crippen molar-refractivity contribution in [3.8, 4) is 0 Å². The van der Waals surface area contributed by atoms with Gasteiger partial charge in [0.15, 0.2) is 0 Å². The van der Waals surface area contributed by atoms with Gasteiger partial charge in [0.05, 0.1) is 11.2 Å². The molecule has 134 valence electrons. The van der Waals surface area contributed by atoms with Gasteiger partial charge in [-0.25, -0.2) is 9.59 Å². The zero-order valence-electron chi connectivity index (χ0n) is 14.7. The van der Waals surface area contributed by atoms with E-state index in [0.717, 1.165) is 5.56 Å². The fourth-order valence-corrected chi connectivity index (χ4v) is 2.42. The number of rotatable bonds is 10. The summed E-state index contributed by atoms with van der Waals surface area (Å²) in [6.07, 6.45) is 0.430. The van der Waals surface area contributed by atoms with Crippen LogP contribution in [0.15, 0.2) is 30.3 Å². The van der Waals surface area contributed by atoms with Crippen LogP contribution in [-0.4, -0.2) is 41.5 Å². The van der Waals surface area contributed by atoms with E-state index in [4.69, 9.17) is 19.3 Å². The van der Waals surface area contributed by atoms with E-state index in [1.165, 1.54) is 0 Å². The molecule has 1 N–H and O–H groups in total. The molecule has 0 aromatic heterocycles. The second kappa shape index (κ2) is 8.80. The minimum absolute atomic E-state index is 0.172. The van der Waals surface area contributed by atoms with Crippen molar-refractivity contribution >= 4 is 11.9 Å². The number of aliphatic carboxylic acids is 1. The molecule has 6 nitrogen and oxygen atoms in total. The van der Waals surface area contributed by atoms with Gasteiger partial charge in [0.1, 0.15) is 19.8 Å². The summed E-state index contributed by atoms with van der Waals surface area (Å²) in [7, 11) is 0. The number of esters is 1. The molecule has 24 heavy (non-hydrogen) atoms. The zero-order chi connectivity index (χ0) is 18.2. The highest BCUT2D eigenvalue weighted by Gasteiger charge is 2.31. The number of carbonyl (C=O) groups excluding carboxylic acids is 1. The monoisotopic (exact) mass is 338 g/mol. The van der Waals surface area contributed by atoms with Crippen LogP contribution in [0, 0.1) is 0 Å². The van der Waals surface area contributed by atoms with Crippen molar-refractivity contribution in [3.63, 3.8) is 0 Å². The Morgan fingerprint density at radius 1 is 0.958 bits per heavy atom. The molecule has 0 saturated carbocycles. The Morgan fingerprint density at radius 2 is 1.50 bits per heavy atom. The van der Waals surface area contributed by atoms with Crippen LogP contribution in [0.25, 0.3) is 0 Å². The van der Waals surface area contributed by atoms with E-state index < -0.39 is 23.1 Å². The molecule has 0 heterocycles. The summed E-state index contributed by atoms with van der Waals surface area (Å²) in [5, 5.41) is 8.69. The molecule has 0 amide bonds. The molecule has 0 aliphatic carbocycles. The van der Waals surface area contributed by atoms with Crippen molar-refractivity contribution in [1.29, 1.82) is 0 Å². The van der Waals surface area contributed by atoms with Crippen LogP contribution in [-0.2, 0) is 30.4 Å². The van der Waals surface area contributed by atoms with Gasteiger partial charge < -0.3 is 19.3 Å². The Labute approximate surface area is 142 Å². The molecule has 1 aromatic rings. The van der Waals surface area contributed by atoms with Crippen molar-refractivity contribution in [1.82, 2.24) is 0 Å². The lowest BCUT2D eigenvalue weighted by Gasteiger charge is -2.34. The maximum absolute atomic E-state index is 11.8. The normalized spacial score (nSPS) is 12.0. The minimum atomic E-state index is -1.02. The van der Waals surface area contributed by atoms with Gasteiger partial charge in [-0.1, -0.05) is 30.3 Å². The number of hydrogen-bond donors (Lipinski definition) is 1. The molecule has 0 aliphatic rings. The molecular formula is C18H26O6. The highest BCUT2D eigenvalue weighted by atomic mass is 16.6. The number of carboxylic acid groups (broad SMARTS) is 1. The SMILES string of the molecule is CC(C)(CC(C)(C)OCC(=O)OCc1ccccc1)OCC(=O)O. The highest BCUT2D eigenvalue weighted by Crippen LogP contribution is 2.26. The van der Waals surface area contributed by atoms with Gasteiger partial charge in [-0.15, -0.1) is 0 Å². The van der Waals surface area contributed by atoms with Gasteiger partial charge in [0, 0.05) is 6.42 Å². The summed E-state index contributed by atoms with van der Waals surface area (Å²) < 4.78 is 16.1. The third-order valence-electron chi connectivity index (χ3n) is 3.26. The van der Waals surface area contributed by atoms with Gasteiger partial charge >= 0.3 is 11.9 Å². The van der Waals surface area contributed by atoms with E-state index in [-0.39, 0.29) is 19.8 Å². The molecule has 0 atom stereocenters. The predicted molar refractivity (Wildman–Crippen MR) is 88.6 cm³/mol. The van der Waals surface area contributed by atoms with Gasteiger partial charge in [0.2, 0.25) is 0 Å². The molecule has 0 spiro atoms. The maximum Gasteiger partial charge on any atom is 0.332 e. The van der Waals surface area contributed by atoms with Gasteiger partial charge in [-0.05, 0) is 33.3 Å². The van der Waals surface area contributed by atoms with E-state index in [9.17, 15) is 9.59 Å². The maximum atomic E-state index is 11.8. The summed E-state index contributed by atoms with van der Waals surface area (Å²) in [5.74, 6) is -1.47. The quantitative estimate of drug-likeness (QED) is 0.661. The van der Waals surface area contributed by atoms with Crippen LogP contribution in [0.5, 0.6) is 0 Å². The lowest BCUT2D eigenvalue weighted by atomic mass is 9.92. The summed E-state index contributed by atoms with van der Waals surface area (Å²) >= 11 is 0. The fraction of sp³-hybridized carbons (Fsp3) is 0.556. The van der Waals surface area contributed by atoms with Crippen LogP contribution in [0.1, 0.15) is 39.7 Å². The van der Waals surface area contributed by atoms with Gasteiger partial charge in [-0.3, -0.25) is 0 Å². The molecule has 1 aromatic carbocycles. The molecule has 0 radical (unpaired) electrons. The molecule has 6 heteroatoms. The van der Waals surface area contributed by atoms with E-state index >= 15 is 0 Å². The van der Waals surface area contributed by atoms with E-state index in [0.29, 0.717) is 6.42 Å². The average molecular weight is 338 g/mol. The van der Waals surface area contributed by atoms with E-state index in [1.807, 2.05) is 44.2 Å². The number of ether oxygens (including phenoxy) is 3. The number of hydrogen-bond acceptors (Lipinski definition) is 5. The van der Waals surface area contributed by atoms with Crippen molar-refractivity contribution < 1.29 is 28.9 Å². The Morgan fingerprint density at radius 3 is 2.04 bits per heavy atom. The molecule has 0 saturated heterocycles. The molecule has 0 bridgehead atoms. The largest absolute Gasteiger partial charge is 0.480 e. The Hall–Kier alpha value is -1.92. The summed E-state index contributed by atoms with van der Waals surface area (Å²) in [6, 6.07) is 9.40. The lowest BCUT2D eigenvalue weighted by molar-refractivity contribution is -0.163. The van der Waals surface area contributed by atoms with Crippen LogP contribution >= 0.6 is 0 Å². The Bertz CT molecular complexity index is 536. The fourth-order valence-electron chi connectivity index (χ4n) is 2.42. The van der Waals surface area contributed by atoms with Crippen LogP contribution < -0.4 is 0 Å². The zero-order valence-corrected chi connectivity index (χ0v) is 14.7. The third kappa shape index (κ3) is 8.64. The van der Waals surface area contributed by atoms with E-state index in [1.54, 1.807) is 13.8 Å². The highest BCUT2D eigenvalue weighted by molar-refractivity contribution is 5.70. The van der Waals surface area contributed by atoms with Crippen LogP contribution in [0.4, 0.5) is 0 Å². The average Bonchev–Trinajstić information content (AvgIpc) is 2.49. The second-order valence-corrected chi connectivity index (χ2v) is 6.81. The van der Waals surface area contributed by atoms with Crippen LogP contribution in [0.3, 0.4) is 0 Å². The first kappa shape index (κ1) is 20.1. The van der Waals surface area contributed by atoms with Crippen molar-refractivity contribution in [2.24, 2.45) is 0 Å². The summed E-state index contributed by atoms with van der Waals surface area (Å²) in [6.45, 7) is 6.88. The van der Waals surface area contributed by atoms with Crippen molar-refractivity contribution in [2.75, 3.05) is 13.2 Å². The first-order chi connectivity index (χ1) is 11.1.